The van der Waals surface area contributed by atoms with Crippen LogP contribution in [-0.4, -0.2) is 68.8 Å². The number of amides is 1. The van der Waals surface area contributed by atoms with Gasteiger partial charge in [0, 0.05) is 36.7 Å². The summed E-state index contributed by atoms with van der Waals surface area (Å²) in [6, 6.07) is 10.1. The van der Waals surface area contributed by atoms with Gasteiger partial charge in [-0.15, -0.1) is 11.3 Å². The van der Waals surface area contributed by atoms with E-state index >= 15 is 0 Å². The molecule has 9 nitrogen and oxygen atoms in total. The van der Waals surface area contributed by atoms with Crippen molar-refractivity contribution >= 4 is 39.1 Å². The first-order valence-corrected chi connectivity index (χ1v) is 15.1. The standard InChI is InChI=1S/C26H35N3O6S2/c1-18(2)35-26(32)29-16-12-20(13-17-29)24(25(30)31)27-37(33,34)23-11-10-22(36-23)19-6-8-21(9-7-19)28-14-4-3-5-15-28/h6-11,18,20,24,27H,3-5,12-17H2,1-2H3,(H,30,31)/t24-/m1/s1. The Morgan fingerprint density at radius 2 is 1.65 bits per heavy atom. The molecule has 202 valence electrons. The van der Waals surface area contributed by atoms with Crippen molar-refractivity contribution in [3.8, 4) is 10.4 Å². The quantitative estimate of drug-likeness (QED) is 0.502. The summed E-state index contributed by atoms with van der Waals surface area (Å²) >= 11 is 1.12. The smallest absolute Gasteiger partial charge is 0.410 e. The van der Waals surface area contributed by atoms with E-state index in [0.29, 0.717) is 25.9 Å². The number of aliphatic carboxylic acids is 1. The molecular formula is C26H35N3O6S2. The van der Waals surface area contributed by atoms with Crippen LogP contribution in [0.5, 0.6) is 0 Å². The minimum atomic E-state index is -4.04. The third-order valence-corrected chi connectivity index (χ3v) is 9.94. The summed E-state index contributed by atoms with van der Waals surface area (Å²) in [5.74, 6) is -1.66. The highest BCUT2D eigenvalue weighted by Crippen LogP contribution is 2.33. The Hall–Kier alpha value is -2.63. The number of likely N-dealkylation sites (tertiary alicyclic amines) is 1. The van der Waals surface area contributed by atoms with Gasteiger partial charge in [0.25, 0.3) is 10.0 Å². The summed E-state index contributed by atoms with van der Waals surface area (Å²) in [6.07, 6.45) is 3.72. The number of ether oxygens (including phenoxy) is 1. The van der Waals surface area contributed by atoms with Crippen molar-refractivity contribution in [2.45, 2.75) is 62.3 Å². The molecule has 0 aliphatic carbocycles. The van der Waals surface area contributed by atoms with Crippen molar-refractivity contribution in [2.75, 3.05) is 31.1 Å². The minimum Gasteiger partial charge on any atom is -0.480 e. The Kier molecular flexibility index (Phi) is 8.76. The molecule has 2 saturated heterocycles. The number of hydrogen-bond acceptors (Lipinski definition) is 7. The van der Waals surface area contributed by atoms with Crippen LogP contribution in [0, 0.1) is 5.92 Å². The lowest BCUT2D eigenvalue weighted by atomic mass is 9.90. The van der Waals surface area contributed by atoms with E-state index in [1.165, 1.54) is 35.9 Å². The second kappa shape index (κ2) is 11.8. The van der Waals surface area contributed by atoms with Crippen LogP contribution < -0.4 is 9.62 Å². The second-order valence-electron chi connectivity index (χ2n) is 9.91. The molecule has 2 aliphatic rings. The maximum absolute atomic E-state index is 13.1. The van der Waals surface area contributed by atoms with Gasteiger partial charge in [0.15, 0.2) is 0 Å². The lowest BCUT2D eigenvalue weighted by Crippen LogP contribution is -2.50. The SMILES string of the molecule is CC(C)OC(=O)N1CCC([C@@H](NS(=O)(=O)c2ccc(-c3ccc(N4CCCCC4)cc3)s2)C(=O)O)CC1. The molecule has 0 saturated carbocycles. The summed E-state index contributed by atoms with van der Waals surface area (Å²) < 4.78 is 34.0. The zero-order valence-corrected chi connectivity index (χ0v) is 22.9. The Morgan fingerprint density at radius 1 is 1.00 bits per heavy atom. The van der Waals surface area contributed by atoms with E-state index in [-0.39, 0.29) is 10.3 Å². The van der Waals surface area contributed by atoms with Gasteiger partial charge in [0.05, 0.1) is 6.10 Å². The molecule has 0 bridgehead atoms. The molecule has 0 unspecified atom stereocenters. The van der Waals surface area contributed by atoms with Crippen LogP contribution in [0.1, 0.15) is 46.0 Å². The Bertz CT molecular complexity index is 1180. The van der Waals surface area contributed by atoms with Crippen molar-refractivity contribution < 1.29 is 27.9 Å². The van der Waals surface area contributed by atoms with E-state index < -0.39 is 34.0 Å². The molecule has 2 aliphatic heterocycles. The third kappa shape index (κ3) is 6.82. The molecule has 1 aromatic carbocycles. The molecule has 0 spiro atoms. The number of thiophene rings is 1. The second-order valence-corrected chi connectivity index (χ2v) is 12.9. The van der Waals surface area contributed by atoms with Gasteiger partial charge in [0.2, 0.25) is 0 Å². The molecule has 37 heavy (non-hydrogen) atoms. The van der Waals surface area contributed by atoms with Crippen molar-refractivity contribution in [2.24, 2.45) is 5.92 Å². The van der Waals surface area contributed by atoms with Crippen LogP contribution in [0.3, 0.4) is 0 Å². The number of sulfonamides is 1. The largest absolute Gasteiger partial charge is 0.480 e. The molecular weight excluding hydrogens is 514 g/mol. The highest BCUT2D eigenvalue weighted by Gasteiger charge is 2.36. The Morgan fingerprint density at radius 3 is 2.24 bits per heavy atom. The normalized spacial score (nSPS) is 18.1. The van der Waals surface area contributed by atoms with Crippen LogP contribution in [0.4, 0.5) is 10.5 Å². The maximum Gasteiger partial charge on any atom is 0.410 e. The first-order chi connectivity index (χ1) is 17.6. The average Bonchev–Trinajstić information content (AvgIpc) is 3.39. The van der Waals surface area contributed by atoms with E-state index in [2.05, 4.69) is 21.8 Å². The summed E-state index contributed by atoms with van der Waals surface area (Å²) in [5.41, 5.74) is 2.09. The fraction of sp³-hybridized carbons (Fsp3) is 0.538. The minimum absolute atomic E-state index is 0.0757. The van der Waals surface area contributed by atoms with E-state index in [0.717, 1.165) is 34.9 Å². The topological polar surface area (TPSA) is 116 Å². The van der Waals surface area contributed by atoms with Crippen molar-refractivity contribution in [1.29, 1.82) is 0 Å². The highest BCUT2D eigenvalue weighted by atomic mass is 32.2. The lowest BCUT2D eigenvalue weighted by molar-refractivity contribution is -0.140. The number of benzene rings is 1. The zero-order valence-electron chi connectivity index (χ0n) is 21.3. The van der Waals surface area contributed by atoms with Gasteiger partial charge in [-0.3, -0.25) is 4.79 Å². The predicted octanol–water partition coefficient (Wildman–Crippen LogP) is 4.39. The van der Waals surface area contributed by atoms with Crippen LogP contribution in [0.2, 0.25) is 0 Å². The van der Waals surface area contributed by atoms with Gasteiger partial charge in [-0.25, -0.2) is 13.2 Å². The fourth-order valence-corrected chi connectivity index (χ4v) is 7.46. The molecule has 2 N–H and O–H groups in total. The van der Waals surface area contributed by atoms with Gasteiger partial charge in [-0.2, -0.15) is 4.72 Å². The van der Waals surface area contributed by atoms with Crippen molar-refractivity contribution in [1.82, 2.24) is 9.62 Å². The number of anilines is 1. The van der Waals surface area contributed by atoms with Crippen molar-refractivity contribution in [3.05, 3.63) is 36.4 Å². The van der Waals surface area contributed by atoms with Crippen LogP contribution in [0.15, 0.2) is 40.6 Å². The number of hydrogen-bond donors (Lipinski definition) is 2. The molecule has 2 fully saturated rings. The highest BCUT2D eigenvalue weighted by molar-refractivity contribution is 7.91. The number of carboxylic acids is 1. The summed E-state index contributed by atoms with van der Waals surface area (Å²) in [5, 5.41) is 9.81. The number of nitrogens with zero attached hydrogens (tertiary/aromatic N) is 2. The summed E-state index contributed by atoms with van der Waals surface area (Å²) in [6.45, 7) is 6.27. The third-order valence-electron chi connectivity index (χ3n) is 6.87. The van der Waals surface area contributed by atoms with Crippen molar-refractivity contribution in [3.63, 3.8) is 0 Å². The number of piperidine rings is 2. The summed E-state index contributed by atoms with van der Waals surface area (Å²) in [4.78, 5) is 28.9. The van der Waals surface area contributed by atoms with E-state index in [1.807, 2.05) is 12.1 Å². The van der Waals surface area contributed by atoms with E-state index in [9.17, 15) is 23.1 Å². The van der Waals surface area contributed by atoms with Gasteiger partial charge in [0.1, 0.15) is 10.3 Å². The molecule has 1 amide bonds. The molecule has 11 heteroatoms. The first kappa shape index (κ1) is 27.4. The number of nitrogens with one attached hydrogen (secondary N) is 1. The van der Waals surface area contributed by atoms with Crippen LogP contribution in [0.25, 0.3) is 10.4 Å². The van der Waals surface area contributed by atoms with Crippen LogP contribution in [-0.2, 0) is 19.6 Å². The number of rotatable bonds is 8. The molecule has 4 rings (SSSR count). The molecule has 2 aromatic rings. The number of carboxylic acid groups (broad SMARTS) is 1. The first-order valence-electron chi connectivity index (χ1n) is 12.8. The fourth-order valence-electron chi connectivity index (χ4n) is 4.87. The molecule has 3 heterocycles. The molecule has 1 aromatic heterocycles. The Labute approximate surface area is 222 Å². The van der Waals surface area contributed by atoms with Gasteiger partial charge in [-0.05, 0) is 81.7 Å². The zero-order chi connectivity index (χ0) is 26.6. The van der Waals surface area contributed by atoms with Gasteiger partial charge >= 0.3 is 12.1 Å². The Balaban J connectivity index is 1.41. The predicted molar refractivity (Wildman–Crippen MR) is 143 cm³/mol. The summed E-state index contributed by atoms with van der Waals surface area (Å²) in [7, 11) is -4.04. The maximum atomic E-state index is 13.1. The van der Waals surface area contributed by atoms with Gasteiger partial charge in [-0.1, -0.05) is 12.1 Å². The number of carbonyl (C=O) groups excluding carboxylic acids is 1. The van der Waals surface area contributed by atoms with E-state index in [1.54, 1.807) is 19.9 Å². The number of carbonyl (C=O) groups is 2. The monoisotopic (exact) mass is 549 g/mol. The van der Waals surface area contributed by atoms with Crippen LogP contribution >= 0.6 is 11.3 Å². The van der Waals surface area contributed by atoms with Gasteiger partial charge < -0.3 is 19.6 Å². The lowest BCUT2D eigenvalue weighted by Gasteiger charge is -2.34. The van der Waals surface area contributed by atoms with E-state index in [4.69, 9.17) is 4.74 Å². The molecule has 0 radical (unpaired) electrons. The average molecular weight is 550 g/mol. The molecule has 1 atom stereocenters.